The second-order valence-electron chi connectivity index (χ2n) is 7.07. The van der Waals surface area contributed by atoms with Crippen LogP contribution >= 0.6 is 0 Å². The zero-order valence-electron chi connectivity index (χ0n) is 15.2. The Morgan fingerprint density at radius 1 is 1.24 bits per heavy atom. The van der Waals surface area contributed by atoms with Gasteiger partial charge >= 0.3 is 0 Å². The number of hydrogen-bond donors (Lipinski definition) is 1. The minimum absolute atomic E-state index is 0.0720. The summed E-state index contributed by atoms with van der Waals surface area (Å²) in [7, 11) is -2.05. The third kappa shape index (κ3) is 4.93. The molecule has 0 bridgehead atoms. The molecule has 1 amide bonds. The maximum Gasteiger partial charge on any atom is 0.254 e. The maximum absolute atomic E-state index is 12.7. The molecule has 0 aliphatic carbocycles. The van der Waals surface area contributed by atoms with Crippen LogP contribution in [0.3, 0.4) is 0 Å². The summed E-state index contributed by atoms with van der Waals surface area (Å²) in [5.74, 6) is 0.397. The Morgan fingerprint density at radius 3 is 2.48 bits per heavy atom. The van der Waals surface area contributed by atoms with Crippen LogP contribution in [-0.2, 0) is 16.6 Å². The molecular formula is C18H24N2O4S. The van der Waals surface area contributed by atoms with Crippen LogP contribution in [0.4, 0.5) is 0 Å². The van der Waals surface area contributed by atoms with Gasteiger partial charge in [0.1, 0.15) is 5.76 Å². The standard InChI is InChI=1S/C18H24N2O4S/c1-13-8-9-15(25(22,23)19-18(2,3)4)11-16(13)17(21)20(5)12-14-7-6-10-24-14/h6-11,19H,12H2,1-5H3. The molecule has 0 saturated carbocycles. The van der Waals surface area contributed by atoms with E-state index in [1.807, 2.05) is 0 Å². The van der Waals surface area contributed by atoms with Crippen molar-refractivity contribution in [2.45, 2.75) is 44.7 Å². The lowest BCUT2D eigenvalue weighted by Crippen LogP contribution is -2.40. The molecule has 1 N–H and O–H groups in total. The highest BCUT2D eigenvalue weighted by molar-refractivity contribution is 7.89. The Bertz CT molecular complexity index is 850. The van der Waals surface area contributed by atoms with Crippen molar-refractivity contribution >= 4 is 15.9 Å². The monoisotopic (exact) mass is 364 g/mol. The number of nitrogens with zero attached hydrogens (tertiary/aromatic N) is 1. The number of carbonyl (C=O) groups excluding carboxylic acids is 1. The van der Waals surface area contributed by atoms with Gasteiger partial charge in [0.25, 0.3) is 5.91 Å². The van der Waals surface area contributed by atoms with Crippen molar-refractivity contribution in [3.05, 3.63) is 53.5 Å². The highest BCUT2D eigenvalue weighted by Gasteiger charge is 2.24. The molecular weight excluding hydrogens is 340 g/mol. The number of rotatable bonds is 5. The van der Waals surface area contributed by atoms with Crippen LogP contribution in [0.2, 0.25) is 0 Å². The van der Waals surface area contributed by atoms with Crippen LogP contribution in [0.1, 0.15) is 42.5 Å². The van der Waals surface area contributed by atoms with E-state index in [0.29, 0.717) is 23.4 Å². The van der Waals surface area contributed by atoms with Gasteiger partial charge in [0.05, 0.1) is 17.7 Å². The third-order valence-electron chi connectivity index (χ3n) is 3.51. The van der Waals surface area contributed by atoms with Crippen molar-refractivity contribution in [1.29, 1.82) is 0 Å². The number of benzene rings is 1. The van der Waals surface area contributed by atoms with E-state index in [2.05, 4.69) is 4.72 Å². The van der Waals surface area contributed by atoms with E-state index < -0.39 is 15.6 Å². The average Bonchev–Trinajstić information content (AvgIpc) is 2.97. The first-order valence-corrected chi connectivity index (χ1v) is 9.40. The Morgan fingerprint density at radius 2 is 1.92 bits per heavy atom. The molecule has 0 unspecified atom stereocenters. The molecule has 0 saturated heterocycles. The fraction of sp³-hybridized carbons (Fsp3) is 0.389. The quantitative estimate of drug-likeness (QED) is 0.885. The lowest BCUT2D eigenvalue weighted by atomic mass is 10.1. The molecule has 1 aromatic heterocycles. The van der Waals surface area contributed by atoms with Gasteiger partial charge in [0.15, 0.2) is 0 Å². The Balaban J connectivity index is 2.31. The van der Waals surface area contributed by atoms with Gasteiger partial charge in [0.2, 0.25) is 10.0 Å². The van der Waals surface area contributed by atoms with Crippen LogP contribution < -0.4 is 4.72 Å². The zero-order chi connectivity index (χ0) is 18.8. The lowest BCUT2D eigenvalue weighted by molar-refractivity contribution is 0.0774. The highest BCUT2D eigenvalue weighted by atomic mass is 32.2. The van der Waals surface area contributed by atoms with Gasteiger partial charge in [-0.1, -0.05) is 6.07 Å². The summed E-state index contributed by atoms with van der Waals surface area (Å²) in [6.45, 7) is 7.38. The molecule has 0 radical (unpaired) electrons. The van der Waals surface area contributed by atoms with E-state index in [9.17, 15) is 13.2 Å². The molecule has 0 fully saturated rings. The van der Waals surface area contributed by atoms with E-state index in [-0.39, 0.29) is 10.8 Å². The van der Waals surface area contributed by atoms with Crippen LogP contribution in [-0.4, -0.2) is 31.8 Å². The van der Waals surface area contributed by atoms with Gasteiger partial charge in [-0.3, -0.25) is 4.79 Å². The van der Waals surface area contributed by atoms with E-state index in [1.54, 1.807) is 59.2 Å². The van der Waals surface area contributed by atoms with Crippen LogP contribution in [0.25, 0.3) is 0 Å². The molecule has 0 aliphatic rings. The Labute approximate surface area is 148 Å². The SMILES string of the molecule is Cc1ccc(S(=O)(=O)NC(C)(C)C)cc1C(=O)N(C)Cc1ccco1. The number of sulfonamides is 1. The fourth-order valence-electron chi connectivity index (χ4n) is 2.37. The molecule has 1 aromatic carbocycles. The van der Waals surface area contributed by atoms with E-state index >= 15 is 0 Å². The average molecular weight is 364 g/mol. The molecule has 1 heterocycles. The summed E-state index contributed by atoms with van der Waals surface area (Å²) in [4.78, 5) is 14.3. The maximum atomic E-state index is 12.7. The highest BCUT2D eigenvalue weighted by Crippen LogP contribution is 2.19. The summed E-state index contributed by atoms with van der Waals surface area (Å²) in [5.41, 5.74) is 0.459. The van der Waals surface area contributed by atoms with Crippen molar-refractivity contribution in [3.8, 4) is 0 Å². The Kier molecular flexibility index (Phi) is 5.39. The first kappa shape index (κ1) is 19.2. The number of amides is 1. The van der Waals surface area contributed by atoms with Crippen LogP contribution in [0, 0.1) is 6.92 Å². The summed E-state index contributed by atoms with van der Waals surface area (Å²) in [5, 5.41) is 0. The molecule has 25 heavy (non-hydrogen) atoms. The smallest absolute Gasteiger partial charge is 0.254 e. The normalized spacial score (nSPS) is 12.2. The van der Waals surface area contributed by atoms with Crippen molar-refractivity contribution in [2.24, 2.45) is 0 Å². The zero-order valence-corrected chi connectivity index (χ0v) is 16.0. The second kappa shape index (κ2) is 7.01. The molecule has 7 heteroatoms. The van der Waals surface area contributed by atoms with Gasteiger partial charge < -0.3 is 9.32 Å². The van der Waals surface area contributed by atoms with Crippen LogP contribution in [0.15, 0.2) is 45.9 Å². The number of hydrogen-bond acceptors (Lipinski definition) is 4. The second-order valence-corrected chi connectivity index (χ2v) is 8.76. The van der Waals surface area contributed by atoms with Gasteiger partial charge in [-0.05, 0) is 57.5 Å². The summed E-state index contributed by atoms with van der Waals surface area (Å²) in [6, 6.07) is 8.11. The fourth-order valence-corrected chi connectivity index (χ4v) is 3.82. The van der Waals surface area contributed by atoms with E-state index in [0.717, 1.165) is 0 Å². The lowest BCUT2D eigenvalue weighted by Gasteiger charge is -2.21. The molecule has 0 aliphatic heterocycles. The van der Waals surface area contributed by atoms with E-state index in [4.69, 9.17) is 4.42 Å². The summed E-state index contributed by atoms with van der Waals surface area (Å²) < 4.78 is 32.9. The van der Waals surface area contributed by atoms with E-state index in [1.165, 1.54) is 17.0 Å². The molecule has 6 nitrogen and oxygen atoms in total. The topological polar surface area (TPSA) is 79.6 Å². The summed E-state index contributed by atoms with van der Waals surface area (Å²) in [6.07, 6.45) is 1.55. The van der Waals surface area contributed by atoms with Gasteiger partial charge in [-0.25, -0.2) is 13.1 Å². The number of carbonyl (C=O) groups is 1. The largest absolute Gasteiger partial charge is 0.467 e. The number of furan rings is 1. The first-order chi connectivity index (χ1) is 11.5. The minimum Gasteiger partial charge on any atom is -0.467 e. The molecule has 136 valence electrons. The van der Waals surface area contributed by atoms with Gasteiger partial charge in [-0.15, -0.1) is 0 Å². The van der Waals surface area contributed by atoms with Crippen LogP contribution in [0.5, 0.6) is 0 Å². The Hall–Kier alpha value is -2.12. The first-order valence-electron chi connectivity index (χ1n) is 7.92. The molecule has 0 atom stereocenters. The number of aryl methyl sites for hydroxylation is 1. The van der Waals surface area contributed by atoms with Crippen molar-refractivity contribution < 1.29 is 17.6 Å². The predicted octanol–water partition coefficient (Wildman–Crippen LogP) is 2.94. The third-order valence-corrected chi connectivity index (χ3v) is 5.27. The molecule has 2 rings (SSSR count). The minimum atomic E-state index is -3.71. The van der Waals surface area contributed by atoms with Gasteiger partial charge in [0, 0.05) is 18.2 Å². The number of nitrogens with one attached hydrogen (secondary N) is 1. The molecule has 2 aromatic rings. The van der Waals surface area contributed by atoms with Crippen molar-refractivity contribution in [2.75, 3.05) is 7.05 Å². The van der Waals surface area contributed by atoms with Crippen molar-refractivity contribution in [1.82, 2.24) is 9.62 Å². The molecule has 0 spiro atoms. The van der Waals surface area contributed by atoms with Crippen molar-refractivity contribution in [3.63, 3.8) is 0 Å². The van der Waals surface area contributed by atoms with Gasteiger partial charge in [-0.2, -0.15) is 0 Å². The summed E-state index contributed by atoms with van der Waals surface area (Å²) >= 11 is 0. The predicted molar refractivity (Wildman–Crippen MR) is 95.8 cm³/mol.